The number of nitrogens with one attached hydrogen (secondary N) is 2. The number of nitrogens with zero attached hydrogens (tertiary/aromatic N) is 5. The van der Waals surface area contributed by atoms with Crippen LogP contribution in [0.3, 0.4) is 0 Å². The summed E-state index contributed by atoms with van der Waals surface area (Å²) >= 11 is 0. The van der Waals surface area contributed by atoms with E-state index in [9.17, 15) is 28.8 Å². The highest BCUT2D eigenvalue weighted by Gasteiger charge is 2.51. The van der Waals surface area contributed by atoms with Gasteiger partial charge in [0.15, 0.2) is 0 Å². The molecule has 55 heavy (non-hydrogen) atoms. The van der Waals surface area contributed by atoms with E-state index < -0.39 is 17.4 Å². The third-order valence-corrected chi connectivity index (χ3v) is 12.3. The monoisotopic (exact) mass is 751 g/mol. The highest BCUT2D eigenvalue weighted by molar-refractivity contribution is 6.23. The number of methoxy groups -OCH3 is 2. The maximum Gasteiger partial charge on any atom is 0.317 e. The predicted octanol–water partition coefficient (Wildman–Crippen LogP) is 1.92. The largest absolute Gasteiger partial charge is 0.496 e. The van der Waals surface area contributed by atoms with Crippen molar-refractivity contribution in [1.82, 2.24) is 29.9 Å². The lowest BCUT2D eigenvalue weighted by Gasteiger charge is -2.55. The number of ether oxygens (including phenoxy) is 2. The van der Waals surface area contributed by atoms with Gasteiger partial charge in [-0.25, -0.2) is 4.79 Å². The first-order chi connectivity index (χ1) is 26.5. The third-order valence-electron chi connectivity index (χ3n) is 12.3. The number of anilines is 1. The summed E-state index contributed by atoms with van der Waals surface area (Å²) in [6.45, 7) is 3.69. The Morgan fingerprint density at radius 2 is 1.71 bits per heavy atom. The molecule has 15 nitrogen and oxygen atoms in total. The quantitative estimate of drug-likeness (QED) is 0.257. The molecule has 15 heteroatoms. The molecule has 8 rings (SSSR count). The van der Waals surface area contributed by atoms with Gasteiger partial charge in [-0.1, -0.05) is 0 Å². The summed E-state index contributed by atoms with van der Waals surface area (Å²) in [5.74, 6) is 0.575. The first-order valence-corrected chi connectivity index (χ1v) is 18.7. The molecule has 2 N–H and O–H groups in total. The predicted molar refractivity (Wildman–Crippen MR) is 201 cm³/mol. The molecule has 3 atom stereocenters. The number of aryl methyl sites for hydroxylation is 1. The lowest BCUT2D eigenvalue weighted by molar-refractivity contribution is -0.127. The molecule has 5 amide bonds. The molecule has 0 radical (unpaired) electrons. The SMILES string of the molecule is CNC(=O)N1CCc2c(-c3cc(OC)c(CN4CCC5CN(c6ccc7c(c6)C(=O)N(C6(C=O)CCC(=O)NC6)C7=O)C5C4)c(OC)c3)cn(C)c(=O)c2C1. The van der Waals surface area contributed by atoms with Gasteiger partial charge in [-0.05, 0) is 73.2 Å². The maximum absolute atomic E-state index is 13.7. The van der Waals surface area contributed by atoms with Crippen molar-refractivity contribution in [3.63, 3.8) is 0 Å². The van der Waals surface area contributed by atoms with Gasteiger partial charge >= 0.3 is 6.03 Å². The van der Waals surface area contributed by atoms with E-state index in [2.05, 4.69) is 20.4 Å². The van der Waals surface area contributed by atoms with Gasteiger partial charge in [0, 0.05) is 82.3 Å². The summed E-state index contributed by atoms with van der Waals surface area (Å²) in [5, 5.41) is 5.30. The minimum atomic E-state index is -1.40. The molecule has 0 spiro atoms. The molecule has 288 valence electrons. The van der Waals surface area contributed by atoms with Crippen LogP contribution in [0.1, 0.15) is 56.7 Å². The molecule has 6 heterocycles. The van der Waals surface area contributed by atoms with E-state index in [1.54, 1.807) is 49.9 Å². The van der Waals surface area contributed by atoms with Crippen molar-refractivity contribution in [2.75, 3.05) is 58.9 Å². The Hall–Kier alpha value is -5.70. The molecule has 0 saturated carbocycles. The molecule has 2 aromatic carbocycles. The van der Waals surface area contributed by atoms with Crippen molar-refractivity contribution in [3.8, 4) is 22.6 Å². The van der Waals surface area contributed by atoms with Gasteiger partial charge in [-0.3, -0.25) is 29.0 Å². The van der Waals surface area contributed by atoms with Gasteiger partial charge in [-0.2, -0.15) is 0 Å². The molecule has 0 bridgehead atoms. The van der Waals surface area contributed by atoms with Crippen LogP contribution < -0.4 is 30.6 Å². The Labute approximate surface area is 318 Å². The van der Waals surface area contributed by atoms with E-state index in [-0.39, 0.29) is 60.6 Å². The molecule has 3 fully saturated rings. The number of benzene rings is 2. The standard InChI is InChI=1S/C40H45N7O8/c1-41-39(53)45-12-9-26-29(17-43(2)36(50)30(26)19-45)24-13-33(54-3)31(34(14-24)55-4)18-44-11-8-23-16-46(32(23)20-44)25-5-6-27-28(15-25)38(52)47(37(27)51)40(22-48)10-7-35(49)42-21-40/h5-6,13-15,17,22-23,32H,7-12,16,18-21H2,1-4H3,(H,41,53)(H,42,49). The second-order valence-corrected chi connectivity index (χ2v) is 15.2. The van der Waals surface area contributed by atoms with E-state index in [0.717, 1.165) is 58.9 Å². The molecule has 1 aromatic heterocycles. The van der Waals surface area contributed by atoms with Crippen molar-refractivity contribution in [2.24, 2.45) is 13.0 Å². The second kappa shape index (κ2) is 13.9. The number of urea groups is 1. The highest BCUT2D eigenvalue weighted by atomic mass is 16.5. The van der Waals surface area contributed by atoms with Crippen molar-refractivity contribution >= 4 is 35.7 Å². The van der Waals surface area contributed by atoms with E-state index in [1.807, 2.05) is 24.4 Å². The molecule has 3 aromatic rings. The summed E-state index contributed by atoms with van der Waals surface area (Å²) in [5.41, 5.74) is 4.05. The first-order valence-electron chi connectivity index (χ1n) is 18.7. The lowest BCUT2D eigenvalue weighted by Crippen LogP contribution is -2.64. The third kappa shape index (κ3) is 5.92. The average molecular weight is 752 g/mol. The first kappa shape index (κ1) is 36.3. The maximum atomic E-state index is 13.7. The van der Waals surface area contributed by atoms with Gasteiger partial charge in [0.05, 0.1) is 37.5 Å². The van der Waals surface area contributed by atoms with Gasteiger partial charge in [0.1, 0.15) is 23.3 Å². The smallest absolute Gasteiger partial charge is 0.317 e. The Kier molecular flexibility index (Phi) is 9.14. The number of carbonyl (C=O) groups excluding carboxylic acids is 5. The number of aromatic nitrogens is 1. The summed E-state index contributed by atoms with van der Waals surface area (Å²) in [7, 11) is 6.58. The molecule has 5 aliphatic rings. The Bertz CT molecular complexity index is 2160. The van der Waals surface area contributed by atoms with Crippen LogP contribution in [-0.4, -0.2) is 115 Å². The number of aldehydes is 1. The van der Waals surface area contributed by atoms with Gasteiger partial charge in [-0.15, -0.1) is 0 Å². The molecule has 0 aliphatic carbocycles. The van der Waals surface area contributed by atoms with Crippen LogP contribution in [0, 0.1) is 5.92 Å². The average Bonchev–Trinajstić information content (AvgIpc) is 3.45. The number of hydrogen-bond donors (Lipinski definition) is 2. The number of rotatable bonds is 8. The Balaban J connectivity index is 1.02. The summed E-state index contributed by atoms with van der Waals surface area (Å²) in [6, 6.07) is 9.28. The highest BCUT2D eigenvalue weighted by Crippen LogP contribution is 2.42. The van der Waals surface area contributed by atoms with Gasteiger partial charge in [0.25, 0.3) is 17.4 Å². The fourth-order valence-electron chi connectivity index (χ4n) is 9.12. The van der Waals surface area contributed by atoms with Crippen LogP contribution >= 0.6 is 0 Å². The zero-order valence-corrected chi connectivity index (χ0v) is 31.5. The number of carbonyl (C=O) groups is 5. The number of amides is 5. The van der Waals surface area contributed by atoms with Crippen LogP contribution in [0.4, 0.5) is 10.5 Å². The van der Waals surface area contributed by atoms with Gasteiger partial charge in [0.2, 0.25) is 5.91 Å². The second-order valence-electron chi connectivity index (χ2n) is 15.2. The van der Waals surface area contributed by atoms with Crippen LogP contribution in [0.25, 0.3) is 11.1 Å². The molecular weight excluding hydrogens is 706 g/mol. The summed E-state index contributed by atoms with van der Waals surface area (Å²) in [6.07, 6.45) is 4.15. The van der Waals surface area contributed by atoms with Crippen LogP contribution in [-0.2, 0) is 36.1 Å². The summed E-state index contributed by atoms with van der Waals surface area (Å²) < 4.78 is 13.5. The minimum absolute atomic E-state index is 0.0596. The lowest BCUT2D eigenvalue weighted by atomic mass is 9.81. The number of hydrogen-bond acceptors (Lipinski definition) is 10. The fraction of sp³-hybridized carbons (Fsp3) is 0.450. The normalized spacial score (nSPS) is 23.3. The number of piperidine rings is 2. The Morgan fingerprint density at radius 3 is 2.38 bits per heavy atom. The molecule has 3 unspecified atom stereocenters. The zero-order valence-electron chi connectivity index (χ0n) is 31.5. The number of fused-ring (bicyclic) bond motifs is 3. The number of likely N-dealkylation sites (tertiary alicyclic amines) is 1. The number of imide groups is 1. The van der Waals surface area contributed by atoms with Crippen molar-refractivity contribution in [3.05, 3.63) is 74.7 Å². The molecule has 5 aliphatic heterocycles. The molecule has 3 saturated heterocycles. The van der Waals surface area contributed by atoms with Crippen molar-refractivity contribution in [2.45, 2.75) is 50.4 Å². The Morgan fingerprint density at radius 1 is 0.964 bits per heavy atom. The minimum Gasteiger partial charge on any atom is -0.496 e. The van der Waals surface area contributed by atoms with E-state index in [0.29, 0.717) is 48.8 Å². The fourth-order valence-corrected chi connectivity index (χ4v) is 9.12. The van der Waals surface area contributed by atoms with Crippen molar-refractivity contribution < 1.29 is 33.4 Å². The molecular formula is C40H45N7O8. The van der Waals surface area contributed by atoms with Crippen LogP contribution in [0.2, 0.25) is 0 Å². The van der Waals surface area contributed by atoms with E-state index >= 15 is 0 Å². The van der Waals surface area contributed by atoms with Crippen molar-refractivity contribution in [1.29, 1.82) is 0 Å². The topological polar surface area (TPSA) is 163 Å². The number of pyridine rings is 1. The van der Waals surface area contributed by atoms with Crippen LogP contribution in [0.5, 0.6) is 11.5 Å². The summed E-state index contributed by atoms with van der Waals surface area (Å²) in [4.78, 5) is 84.3. The van der Waals surface area contributed by atoms with E-state index in [1.165, 1.54) is 0 Å². The van der Waals surface area contributed by atoms with Gasteiger partial charge < -0.3 is 39.3 Å². The van der Waals surface area contributed by atoms with Crippen LogP contribution in [0.15, 0.2) is 41.3 Å². The van der Waals surface area contributed by atoms with E-state index in [4.69, 9.17) is 9.47 Å². The zero-order chi connectivity index (χ0) is 38.8.